The molecule has 0 bridgehead atoms. The number of carbonyl (C=O) groups is 1. The molecule has 6 nitrogen and oxygen atoms in total. The minimum Gasteiger partial charge on any atom is -0.381 e. The van der Waals surface area contributed by atoms with Crippen LogP contribution in [0, 0.1) is 5.92 Å². The lowest BCUT2D eigenvalue weighted by molar-refractivity contribution is 0.0582. The number of carbonyl (C=O) groups excluding carboxylic acids is 1. The van der Waals surface area contributed by atoms with Crippen molar-refractivity contribution in [2.75, 3.05) is 26.8 Å². The van der Waals surface area contributed by atoms with Gasteiger partial charge in [-0.3, -0.25) is 9.20 Å². The number of aromatic nitrogens is 3. The van der Waals surface area contributed by atoms with Gasteiger partial charge in [-0.15, -0.1) is 0 Å². The number of imidazole rings is 1. The van der Waals surface area contributed by atoms with Gasteiger partial charge in [0.05, 0.1) is 12.4 Å². The first-order valence-electron chi connectivity index (χ1n) is 7.47. The summed E-state index contributed by atoms with van der Waals surface area (Å²) in [6.07, 6.45) is 8.22. The summed E-state index contributed by atoms with van der Waals surface area (Å²) in [5.74, 6) is 0.641. The minimum absolute atomic E-state index is 0.0161. The van der Waals surface area contributed by atoms with Gasteiger partial charge in [0.15, 0.2) is 5.65 Å². The maximum atomic E-state index is 12.6. The molecule has 0 spiro atoms. The molecule has 118 valence electrons. The first-order chi connectivity index (χ1) is 10.6. The number of nitrogens with zero attached hydrogens (tertiary/aromatic N) is 4. The molecule has 2 aromatic heterocycles. The highest BCUT2D eigenvalue weighted by Gasteiger charge is 2.19. The lowest BCUT2D eigenvalue weighted by Crippen LogP contribution is -2.30. The molecule has 3 rings (SSSR count). The van der Waals surface area contributed by atoms with E-state index in [1.807, 2.05) is 7.05 Å². The molecule has 1 amide bonds. The van der Waals surface area contributed by atoms with Crippen LogP contribution in [0.5, 0.6) is 0 Å². The zero-order valence-electron chi connectivity index (χ0n) is 12.5. The quantitative estimate of drug-likeness (QED) is 0.833. The Hall–Kier alpha value is -1.47. The van der Waals surface area contributed by atoms with Crippen LogP contribution in [0.4, 0.5) is 0 Å². The fraction of sp³-hybridized carbons (Fsp3) is 0.533. The number of fused-ring (bicyclic) bond motifs is 1. The second kappa shape index (κ2) is 6.75. The van der Waals surface area contributed by atoms with E-state index >= 15 is 0 Å². The molecule has 1 saturated heterocycles. The maximum absolute atomic E-state index is 12.6. The van der Waals surface area contributed by atoms with Gasteiger partial charge < -0.3 is 9.64 Å². The van der Waals surface area contributed by atoms with E-state index in [0.29, 0.717) is 21.9 Å². The van der Waals surface area contributed by atoms with Crippen molar-refractivity contribution in [3.8, 4) is 0 Å². The molecule has 0 atom stereocenters. The fourth-order valence-electron chi connectivity index (χ4n) is 2.73. The Kier molecular flexibility index (Phi) is 4.73. The molecule has 0 radical (unpaired) electrons. The van der Waals surface area contributed by atoms with Crippen LogP contribution in [0.2, 0.25) is 0 Å². The molecule has 0 N–H and O–H groups in total. The van der Waals surface area contributed by atoms with Crippen LogP contribution in [-0.4, -0.2) is 52.0 Å². The number of amides is 1. The first kappa shape index (κ1) is 15.4. The molecular weight excluding hydrogens is 348 g/mol. The third-order valence-electron chi connectivity index (χ3n) is 4.14. The van der Waals surface area contributed by atoms with Crippen molar-refractivity contribution in [3.05, 3.63) is 28.9 Å². The summed E-state index contributed by atoms with van der Waals surface area (Å²) in [5.41, 5.74) is 1.23. The SMILES string of the molecule is CN(CCC1CCOCC1)C(=O)c1cnc2cnc(Br)cn12. The van der Waals surface area contributed by atoms with Crippen LogP contribution in [0.25, 0.3) is 5.65 Å². The van der Waals surface area contributed by atoms with Crippen molar-refractivity contribution in [3.63, 3.8) is 0 Å². The normalized spacial score (nSPS) is 16.1. The van der Waals surface area contributed by atoms with Gasteiger partial charge in [0.1, 0.15) is 10.3 Å². The average molecular weight is 367 g/mol. The summed E-state index contributed by atoms with van der Waals surface area (Å²) in [5, 5.41) is 0. The lowest BCUT2D eigenvalue weighted by Gasteiger charge is -2.24. The number of hydrogen-bond donors (Lipinski definition) is 0. The number of halogens is 1. The van der Waals surface area contributed by atoms with Crippen molar-refractivity contribution in [2.45, 2.75) is 19.3 Å². The topological polar surface area (TPSA) is 59.7 Å². The van der Waals surface area contributed by atoms with Crippen LogP contribution in [0.15, 0.2) is 23.2 Å². The van der Waals surface area contributed by atoms with E-state index in [2.05, 4.69) is 25.9 Å². The molecule has 0 unspecified atom stereocenters. The van der Waals surface area contributed by atoms with Gasteiger partial charge in [-0.2, -0.15) is 0 Å². The summed E-state index contributed by atoms with van der Waals surface area (Å²) in [6, 6.07) is 0. The largest absolute Gasteiger partial charge is 0.381 e. The number of hydrogen-bond acceptors (Lipinski definition) is 4. The molecule has 1 aliphatic rings. The standard InChI is InChI=1S/C15H19BrN4O2/c1-19(5-2-11-3-6-22-7-4-11)15(21)12-8-18-14-9-17-13(16)10-20(12)14/h8-11H,2-7H2,1H3. The summed E-state index contributed by atoms with van der Waals surface area (Å²) in [4.78, 5) is 22.7. The fourth-order valence-corrected chi connectivity index (χ4v) is 3.04. The molecule has 1 fully saturated rings. The Labute approximate surface area is 137 Å². The Morgan fingerprint density at radius 1 is 1.41 bits per heavy atom. The molecule has 0 aromatic carbocycles. The average Bonchev–Trinajstić information content (AvgIpc) is 2.95. The Bertz CT molecular complexity index is 667. The molecule has 0 saturated carbocycles. The van der Waals surface area contributed by atoms with Gasteiger partial charge in [-0.1, -0.05) is 0 Å². The second-order valence-electron chi connectivity index (χ2n) is 5.65. The summed E-state index contributed by atoms with van der Waals surface area (Å²) < 4.78 is 7.82. The van der Waals surface area contributed by atoms with Gasteiger partial charge in [-0.05, 0) is 41.1 Å². The van der Waals surface area contributed by atoms with Crippen LogP contribution in [0.1, 0.15) is 29.8 Å². The molecule has 3 heterocycles. The zero-order valence-corrected chi connectivity index (χ0v) is 14.1. The lowest BCUT2D eigenvalue weighted by atomic mass is 9.96. The highest BCUT2D eigenvalue weighted by atomic mass is 79.9. The van der Waals surface area contributed by atoms with Crippen LogP contribution in [0.3, 0.4) is 0 Å². The summed E-state index contributed by atoms with van der Waals surface area (Å²) >= 11 is 3.32. The second-order valence-corrected chi connectivity index (χ2v) is 6.47. The zero-order chi connectivity index (χ0) is 15.5. The van der Waals surface area contributed by atoms with Crippen molar-refractivity contribution in [1.82, 2.24) is 19.3 Å². The highest BCUT2D eigenvalue weighted by molar-refractivity contribution is 9.10. The molecule has 22 heavy (non-hydrogen) atoms. The van der Waals surface area contributed by atoms with Crippen molar-refractivity contribution >= 4 is 27.5 Å². The van der Waals surface area contributed by atoms with E-state index in [4.69, 9.17) is 4.74 Å². The van der Waals surface area contributed by atoms with E-state index in [9.17, 15) is 4.79 Å². The van der Waals surface area contributed by atoms with Gasteiger partial charge in [0.25, 0.3) is 5.91 Å². The summed E-state index contributed by atoms with van der Waals surface area (Å²) in [7, 11) is 1.84. The Balaban J connectivity index is 1.67. The van der Waals surface area contributed by atoms with E-state index in [1.54, 1.807) is 27.9 Å². The smallest absolute Gasteiger partial charge is 0.272 e. The minimum atomic E-state index is -0.0161. The van der Waals surface area contributed by atoms with Gasteiger partial charge in [0.2, 0.25) is 0 Å². The Morgan fingerprint density at radius 3 is 2.95 bits per heavy atom. The van der Waals surface area contributed by atoms with Crippen molar-refractivity contribution in [2.24, 2.45) is 5.92 Å². The van der Waals surface area contributed by atoms with Crippen molar-refractivity contribution in [1.29, 1.82) is 0 Å². The molecule has 7 heteroatoms. The summed E-state index contributed by atoms with van der Waals surface area (Å²) in [6.45, 7) is 2.44. The van der Waals surface area contributed by atoms with E-state index < -0.39 is 0 Å². The number of rotatable bonds is 4. The van der Waals surface area contributed by atoms with Crippen LogP contribution < -0.4 is 0 Å². The monoisotopic (exact) mass is 366 g/mol. The predicted octanol–water partition coefficient (Wildman–Crippen LogP) is 2.38. The predicted molar refractivity (Wildman–Crippen MR) is 85.8 cm³/mol. The molecule has 0 aliphatic carbocycles. The van der Waals surface area contributed by atoms with Crippen molar-refractivity contribution < 1.29 is 9.53 Å². The number of ether oxygens (including phenoxy) is 1. The van der Waals surface area contributed by atoms with Gasteiger partial charge in [0, 0.05) is 33.0 Å². The molecular formula is C15H19BrN4O2. The van der Waals surface area contributed by atoms with E-state index in [-0.39, 0.29) is 5.91 Å². The third-order valence-corrected chi connectivity index (χ3v) is 4.55. The molecule has 2 aromatic rings. The van der Waals surface area contributed by atoms with Crippen LogP contribution >= 0.6 is 15.9 Å². The third kappa shape index (κ3) is 3.30. The van der Waals surface area contributed by atoms with Gasteiger partial charge >= 0.3 is 0 Å². The highest BCUT2D eigenvalue weighted by Crippen LogP contribution is 2.19. The first-order valence-corrected chi connectivity index (χ1v) is 8.26. The van der Waals surface area contributed by atoms with E-state index in [0.717, 1.165) is 39.0 Å². The molecule has 1 aliphatic heterocycles. The maximum Gasteiger partial charge on any atom is 0.272 e. The van der Waals surface area contributed by atoms with Gasteiger partial charge in [-0.25, -0.2) is 9.97 Å². The van der Waals surface area contributed by atoms with Crippen LogP contribution in [-0.2, 0) is 4.74 Å². The van der Waals surface area contributed by atoms with E-state index in [1.165, 1.54) is 0 Å². The Morgan fingerprint density at radius 2 is 2.18 bits per heavy atom.